The molecule has 10 heteroatoms. The Morgan fingerprint density at radius 2 is 2.17 bits per heavy atom. The van der Waals surface area contributed by atoms with Crippen LogP contribution >= 0.6 is 23.2 Å². The van der Waals surface area contributed by atoms with E-state index in [-0.39, 0.29) is 18.4 Å². The molecule has 1 unspecified atom stereocenters. The van der Waals surface area contributed by atoms with E-state index in [1.54, 1.807) is 12.1 Å². The first-order valence-electron chi connectivity index (χ1n) is 6.69. The van der Waals surface area contributed by atoms with E-state index in [2.05, 4.69) is 4.98 Å². The lowest BCUT2D eigenvalue weighted by Gasteiger charge is -2.19. The molecule has 128 valence electrons. The van der Waals surface area contributed by atoms with Crippen LogP contribution < -0.4 is 4.74 Å². The third-order valence-electron chi connectivity index (χ3n) is 3.08. The van der Waals surface area contributed by atoms with E-state index in [4.69, 9.17) is 32.7 Å². The standard InChI is InChI=1S/C14H13Cl2N3O5/c1-8(20)24-12(10-4-3-9(15)5-11(10)16)6-18-7-13(19(21)22)17-14(18)23-2/h3-5,7,12H,6H2,1-2H3. The smallest absolute Gasteiger partial charge is 0.414 e. The number of benzene rings is 1. The van der Waals surface area contributed by atoms with E-state index >= 15 is 0 Å². The monoisotopic (exact) mass is 373 g/mol. The number of esters is 1. The van der Waals surface area contributed by atoms with E-state index < -0.39 is 17.0 Å². The first-order chi connectivity index (χ1) is 11.3. The van der Waals surface area contributed by atoms with Crippen LogP contribution in [0.1, 0.15) is 18.6 Å². The summed E-state index contributed by atoms with van der Waals surface area (Å²) in [6, 6.07) is 4.76. The summed E-state index contributed by atoms with van der Waals surface area (Å²) in [5.74, 6) is -0.907. The van der Waals surface area contributed by atoms with Crippen molar-refractivity contribution in [3.63, 3.8) is 0 Å². The molecule has 1 aromatic carbocycles. The van der Waals surface area contributed by atoms with Crippen LogP contribution in [0.5, 0.6) is 6.01 Å². The summed E-state index contributed by atoms with van der Waals surface area (Å²) >= 11 is 12.0. The lowest BCUT2D eigenvalue weighted by Crippen LogP contribution is -2.16. The first kappa shape index (κ1) is 18.0. The van der Waals surface area contributed by atoms with Crippen molar-refractivity contribution in [2.24, 2.45) is 0 Å². The zero-order valence-corrected chi connectivity index (χ0v) is 14.2. The number of carbonyl (C=O) groups excluding carboxylic acids is 1. The zero-order valence-electron chi connectivity index (χ0n) is 12.7. The van der Waals surface area contributed by atoms with Crippen molar-refractivity contribution in [2.75, 3.05) is 7.11 Å². The minimum Gasteiger partial charge on any atom is -0.456 e. The van der Waals surface area contributed by atoms with Gasteiger partial charge in [0.25, 0.3) is 0 Å². The van der Waals surface area contributed by atoms with Gasteiger partial charge in [0.05, 0.1) is 13.7 Å². The molecule has 0 aliphatic rings. The van der Waals surface area contributed by atoms with Crippen molar-refractivity contribution in [3.05, 3.63) is 50.1 Å². The Kier molecular flexibility index (Phi) is 5.63. The molecule has 0 fully saturated rings. The molecule has 0 radical (unpaired) electrons. The van der Waals surface area contributed by atoms with Gasteiger partial charge in [0.2, 0.25) is 0 Å². The summed E-state index contributed by atoms with van der Waals surface area (Å²) in [5.41, 5.74) is 0.509. The van der Waals surface area contributed by atoms with Crippen LogP contribution in [0.3, 0.4) is 0 Å². The van der Waals surface area contributed by atoms with E-state index in [0.717, 1.165) is 0 Å². The molecule has 0 spiro atoms. The molecule has 1 heterocycles. The highest BCUT2D eigenvalue weighted by Gasteiger charge is 2.25. The van der Waals surface area contributed by atoms with Crippen molar-refractivity contribution in [3.8, 4) is 6.01 Å². The van der Waals surface area contributed by atoms with Gasteiger partial charge in [-0.2, -0.15) is 0 Å². The normalized spacial score (nSPS) is 11.8. The fraction of sp³-hybridized carbons (Fsp3) is 0.286. The maximum Gasteiger partial charge on any atom is 0.414 e. The Bertz CT molecular complexity index is 778. The lowest BCUT2D eigenvalue weighted by atomic mass is 10.1. The zero-order chi connectivity index (χ0) is 17.9. The predicted octanol–water partition coefficient (Wildman–Crippen LogP) is 3.41. The molecule has 24 heavy (non-hydrogen) atoms. The largest absolute Gasteiger partial charge is 0.456 e. The summed E-state index contributed by atoms with van der Waals surface area (Å²) in [4.78, 5) is 25.4. The van der Waals surface area contributed by atoms with Crippen molar-refractivity contribution >= 4 is 35.0 Å². The predicted molar refractivity (Wildman–Crippen MR) is 86.4 cm³/mol. The molecule has 2 aromatic rings. The van der Waals surface area contributed by atoms with Crippen molar-refractivity contribution < 1.29 is 19.2 Å². The molecule has 0 N–H and O–H groups in total. The van der Waals surface area contributed by atoms with Gasteiger partial charge in [-0.1, -0.05) is 29.3 Å². The van der Waals surface area contributed by atoms with Gasteiger partial charge < -0.3 is 19.6 Å². The molecule has 8 nitrogen and oxygen atoms in total. The number of rotatable bonds is 6. The number of aromatic nitrogens is 2. The molecule has 0 aliphatic carbocycles. The van der Waals surface area contributed by atoms with Gasteiger partial charge in [-0.15, -0.1) is 0 Å². The Morgan fingerprint density at radius 1 is 1.46 bits per heavy atom. The molecule has 0 amide bonds. The Hall–Kier alpha value is -2.32. The highest BCUT2D eigenvalue weighted by Crippen LogP contribution is 2.31. The van der Waals surface area contributed by atoms with Crippen molar-refractivity contribution in [1.82, 2.24) is 9.55 Å². The third kappa shape index (κ3) is 4.15. The van der Waals surface area contributed by atoms with Crippen LogP contribution in [-0.4, -0.2) is 27.6 Å². The topological polar surface area (TPSA) is 96.5 Å². The third-order valence-corrected chi connectivity index (χ3v) is 3.64. The van der Waals surface area contributed by atoms with Crippen LogP contribution in [-0.2, 0) is 16.1 Å². The quantitative estimate of drug-likeness (QED) is 0.437. The van der Waals surface area contributed by atoms with Crippen molar-refractivity contribution in [2.45, 2.75) is 19.6 Å². The number of nitrogens with zero attached hydrogens (tertiary/aromatic N) is 3. The second-order valence-corrected chi connectivity index (χ2v) is 5.60. The summed E-state index contributed by atoms with van der Waals surface area (Å²) in [5, 5.41) is 11.6. The van der Waals surface area contributed by atoms with Crippen LogP contribution in [0.25, 0.3) is 0 Å². The van der Waals surface area contributed by atoms with Gasteiger partial charge >= 0.3 is 17.8 Å². The van der Waals surface area contributed by atoms with Gasteiger partial charge in [0.15, 0.2) is 0 Å². The number of nitro groups is 1. The van der Waals surface area contributed by atoms with Gasteiger partial charge in [0, 0.05) is 27.5 Å². The molecule has 0 aliphatic heterocycles. The molecule has 2 rings (SSSR count). The summed E-state index contributed by atoms with van der Waals surface area (Å²) in [7, 11) is 1.33. The fourth-order valence-electron chi connectivity index (χ4n) is 2.11. The summed E-state index contributed by atoms with van der Waals surface area (Å²) in [6.45, 7) is 1.29. The van der Waals surface area contributed by atoms with Gasteiger partial charge in [-0.05, 0) is 17.1 Å². The average molecular weight is 374 g/mol. The SMILES string of the molecule is COc1nc([N+](=O)[O-])cn1CC(OC(C)=O)c1ccc(Cl)cc1Cl. The van der Waals surface area contributed by atoms with Gasteiger partial charge in [-0.3, -0.25) is 9.36 Å². The number of ether oxygens (including phenoxy) is 2. The number of methoxy groups -OCH3 is 1. The summed E-state index contributed by atoms with van der Waals surface area (Å²) < 4.78 is 11.7. The average Bonchev–Trinajstić information content (AvgIpc) is 2.89. The number of hydrogen-bond donors (Lipinski definition) is 0. The Balaban J connectivity index is 2.39. The van der Waals surface area contributed by atoms with Crippen LogP contribution in [0.4, 0.5) is 5.82 Å². The Labute approximate surface area is 147 Å². The van der Waals surface area contributed by atoms with Gasteiger partial charge in [-0.25, -0.2) is 0 Å². The maximum atomic E-state index is 11.4. The number of hydrogen-bond acceptors (Lipinski definition) is 6. The minimum atomic E-state index is -0.796. The highest BCUT2D eigenvalue weighted by atomic mass is 35.5. The second kappa shape index (κ2) is 7.50. The molecule has 0 saturated heterocycles. The van der Waals surface area contributed by atoms with E-state index in [0.29, 0.717) is 15.6 Å². The number of carbonyl (C=O) groups is 1. The molecular formula is C14H13Cl2N3O5. The van der Waals surface area contributed by atoms with Crippen molar-refractivity contribution in [1.29, 1.82) is 0 Å². The molecule has 1 atom stereocenters. The molecule has 0 saturated carbocycles. The summed E-state index contributed by atoms with van der Waals surface area (Å²) in [6.07, 6.45) is 0.397. The van der Waals surface area contributed by atoms with Crippen LogP contribution in [0.15, 0.2) is 24.4 Å². The second-order valence-electron chi connectivity index (χ2n) is 4.76. The number of imidazole rings is 1. The maximum absolute atomic E-state index is 11.4. The molecule has 1 aromatic heterocycles. The highest BCUT2D eigenvalue weighted by molar-refractivity contribution is 6.35. The molecule has 0 bridgehead atoms. The van der Waals surface area contributed by atoms with E-state index in [1.165, 1.54) is 30.9 Å². The van der Waals surface area contributed by atoms with Gasteiger partial charge in [0.1, 0.15) is 12.3 Å². The lowest BCUT2D eigenvalue weighted by molar-refractivity contribution is -0.389. The minimum absolute atomic E-state index is 0.0175. The molecular weight excluding hydrogens is 361 g/mol. The number of halogens is 2. The Morgan fingerprint density at radius 3 is 2.71 bits per heavy atom. The first-order valence-corrected chi connectivity index (χ1v) is 7.45. The van der Waals surface area contributed by atoms with Crippen LogP contribution in [0.2, 0.25) is 10.0 Å². The van der Waals surface area contributed by atoms with Crippen LogP contribution in [0, 0.1) is 10.1 Å². The fourth-order valence-corrected chi connectivity index (χ4v) is 2.64. The van der Waals surface area contributed by atoms with E-state index in [9.17, 15) is 14.9 Å². The van der Waals surface area contributed by atoms with E-state index in [1.807, 2.05) is 0 Å².